The van der Waals surface area contributed by atoms with Gasteiger partial charge in [0.25, 0.3) is 10.0 Å². The number of hydrogen-bond donors (Lipinski definition) is 2. The third-order valence-corrected chi connectivity index (χ3v) is 5.64. The molecule has 2 aromatic rings. The summed E-state index contributed by atoms with van der Waals surface area (Å²) in [5, 5.41) is 0.849. The summed E-state index contributed by atoms with van der Waals surface area (Å²) < 4.78 is 26.8. The van der Waals surface area contributed by atoms with Crippen molar-refractivity contribution in [3.05, 3.63) is 40.5 Å². The average Bonchev–Trinajstić information content (AvgIpc) is 2.69. The number of anilines is 1. The number of nitrogens with zero attached hydrogens (tertiary/aromatic N) is 1. The molecule has 0 saturated carbocycles. The SMILES string of the molecule is Cc1nc(N)sc1S(=O)(=O)NCc1ccc(Cl)cc1. The first-order valence-electron chi connectivity index (χ1n) is 5.35. The Morgan fingerprint density at radius 2 is 2.00 bits per heavy atom. The number of nitrogens with two attached hydrogens (primary N) is 1. The second-order valence-corrected chi connectivity index (χ2v) is 7.31. The summed E-state index contributed by atoms with van der Waals surface area (Å²) in [4.78, 5) is 3.90. The molecule has 3 N–H and O–H groups in total. The molecule has 5 nitrogen and oxygen atoms in total. The van der Waals surface area contributed by atoms with Crippen molar-refractivity contribution in [1.29, 1.82) is 0 Å². The molecule has 0 aliphatic heterocycles. The molecule has 0 aliphatic rings. The molecule has 0 spiro atoms. The molecule has 19 heavy (non-hydrogen) atoms. The quantitative estimate of drug-likeness (QED) is 0.905. The molecule has 0 amide bonds. The van der Waals surface area contributed by atoms with E-state index in [1.165, 1.54) is 0 Å². The molecule has 0 fully saturated rings. The van der Waals surface area contributed by atoms with Crippen LogP contribution in [0.3, 0.4) is 0 Å². The molecule has 1 aromatic heterocycles. The van der Waals surface area contributed by atoms with Gasteiger partial charge < -0.3 is 5.73 Å². The highest BCUT2D eigenvalue weighted by Crippen LogP contribution is 2.24. The number of hydrogen-bond acceptors (Lipinski definition) is 5. The van der Waals surface area contributed by atoms with Crippen LogP contribution in [0, 0.1) is 6.92 Å². The molecule has 0 saturated heterocycles. The first-order valence-corrected chi connectivity index (χ1v) is 8.03. The van der Waals surface area contributed by atoms with Crippen LogP contribution in [0.4, 0.5) is 5.13 Å². The number of aryl methyl sites for hydroxylation is 1. The van der Waals surface area contributed by atoms with Gasteiger partial charge in [-0.2, -0.15) is 0 Å². The van der Waals surface area contributed by atoms with Crippen LogP contribution < -0.4 is 10.5 Å². The monoisotopic (exact) mass is 317 g/mol. The summed E-state index contributed by atoms with van der Waals surface area (Å²) in [7, 11) is -3.59. The van der Waals surface area contributed by atoms with Gasteiger partial charge in [0.2, 0.25) is 0 Å². The highest BCUT2D eigenvalue weighted by atomic mass is 35.5. The average molecular weight is 318 g/mol. The van der Waals surface area contributed by atoms with Crippen LogP contribution >= 0.6 is 22.9 Å². The molecule has 1 aromatic carbocycles. The van der Waals surface area contributed by atoms with Gasteiger partial charge in [-0.25, -0.2) is 18.1 Å². The van der Waals surface area contributed by atoms with Gasteiger partial charge in [0.1, 0.15) is 0 Å². The second-order valence-electron chi connectivity index (χ2n) is 3.88. The minimum atomic E-state index is -3.59. The molecular weight excluding hydrogens is 306 g/mol. The van der Waals surface area contributed by atoms with E-state index in [-0.39, 0.29) is 15.9 Å². The Balaban J connectivity index is 2.14. The van der Waals surface area contributed by atoms with E-state index >= 15 is 0 Å². The molecule has 2 rings (SSSR count). The van der Waals surface area contributed by atoms with Crippen molar-refractivity contribution in [1.82, 2.24) is 9.71 Å². The van der Waals surface area contributed by atoms with Gasteiger partial charge in [-0.3, -0.25) is 0 Å². The predicted octanol–water partition coefficient (Wildman–Crippen LogP) is 2.17. The lowest BCUT2D eigenvalue weighted by atomic mass is 10.2. The highest BCUT2D eigenvalue weighted by molar-refractivity contribution is 7.91. The van der Waals surface area contributed by atoms with Crippen LogP contribution in [0.15, 0.2) is 28.5 Å². The van der Waals surface area contributed by atoms with E-state index in [2.05, 4.69) is 9.71 Å². The van der Waals surface area contributed by atoms with E-state index < -0.39 is 10.0 Å². The molecule has 0 aliphatic carbocycles. The molecule has 0 atom stereocenters. The lowest BCUT2D eigenvalue weighted by Crippen LogP contribution is -2.23. The summed E-state index contributed by atoms with van der Waals surface area (Å²) in [6, 6.07) is 6.94. The van der Waals surface area contributed by atoms with Crippen LogP contribution in [-0.4, -0.2) is 13.4 Å². The third-order valence-electron chi connectivity index (χ3n) is 2.39. The lowest BCUT2D eigenvalue weighted by molar-refractivity contribution is 0.582. The predicted molar refractivity (Wildman–Crippen MR) is 76.7 cm³/mol. The van der Waals surface area contributed by atoms with Crippen LogP contribution in [0.1, 0.15) is 11.3 Å². The van der Waals surface area contributed by atoms with Gasteiger partial charge in [0.15, 0.2) is 9.34 Å². The normalized spacial score (nSPS) is 11.7. The number of nitrogens with one attached hydrogen (secondary N) is 1. The lowest BCUT2D eigenvalue weighted by Gasteiger charge is -2.05. The smallest absolute Gasteiger partial charge is 0.252 e. The van der Waals surface area contributed by atoms with Crippen molar-refractivity contribution >= 4 is 38.1 Å². The van der Waals surface area contributed by atoms with E-state index in [1.807, 2.05) is 0 Å². The van der Waals surface area contributed by atoms with E-state index in [4.69, 9.17) is 17.3 Å². The third kappa shape index (κ3) is 3.44. The minimum Gasteiger partial charge on any atom is -0.375 e. The second kappa shape index (κ2) is 5.46. The molecule has 102 valence electrons. The van der Waals surface area contributed by atoms with Gasteiger partial charge in [-0.15, -0.1) is 0 Å². The van der Waals surface area contributed by atoms with Gasteiger partial charge in [0, 0.05) is 11.6 Å². The Morgan fingerprint density at radius 3 is 2.53 bits per heavy atom. The standard InChI is InChI=1S/C11H12ClN3O2S2/c1-7-10(18-11(13)15-7)19(16,17)14-6-8-2-4-9(12)5-3-8/h2-5,14H,6H2,1H3,(H2,13,15). The molecule has 8 heteroatoms. The van der Waals surface area contributed by atoms with Gasteiger partial charge in [-0.1, -0.05) is 35.1 Å². The highest BCUT2D eigenvalue weighted by Gasteiger charge is 2.20. The number of halogens is 1. The van der Waals surface area contributed by atoms with E-state index in [0.29, 0.717) is 10.7 Å². The maximum absolute atomic E-state index is 12.1. The molecule has 0 radical (unpaired) electrons. The fourth-order valence-electron chi connectivity index (χ4n) is 1.50. The zero-order valence-electron chi connectivity index (χ0n) is 10.1. The van der Waals surface area contributed by atoms with Crippen molar-refractivity contribution in [3.8, 4) is 0 Å². The minimum absolute atomic E-state index is 0.152. The fourth-order valence-corrected chi connectivity index (χ4v) is 3.98. The Labute approximate surface area is 120 Å². The summed E-state index contributed by atoms with van der Waals surface area (Å²) in [6.07, 6.45) is 0. The van der Waals surface area contributed by atoms with E-state index in [0.717, 1.165) is 16.9 Å². The molecule has 1 heterocycles. The number of sulfonamides is 1. The maximum Gasteiger partial charge on any atom is 0.252 e. The van der Waals surface area contributed by atoms with Crippen molar-refractivity contribution in [2.75, 3.05) is 5.73 Å². The Morgan fingerprint density at radius 1 is 1.37 bits per heavy atom. The maximum atomic E-state index is 12.1. The zero-order chi connectivity index (χ0) is 14.0. The van der Waals surface area contributed by atoms with Crippen molar-refractivity contribution in [3.63, 3.8) is 0 Å². The van der Waals surface area contributed by atoms with Crippen LogP contribution in [0.25, 0.3) is 0 Å². The van der Waals surface area contributed by atoms with Crippen molar-refractivity contribution in [2.24, 2.45) is 0 Å². The zero-order valence-corrected chi connectivity index (χ0v) is 12.4. The largest absolute Gasteiger partial charge is 0.375 e. The van der Waals surface area contributed by atoms with Crippen molar-refractivity contribution < 1.29 is 8.42 Å². The van der Waals surface area contributed by atoms with Crippen molar-refractivity contribution in [2.45, 2.75) is 17.7 Å². The number of benzene rings is 1. The van der Waals surface area contributed by atoms with E-state index in [9.17, 15) is 8.42 Å². The molecular formula is C11H12ClN3O2S2. The number of aromatic nitrogens is 1. The van der Waals surface area contributed by atoms with Gasteiger partial charge in [-0.05, 0) is 24.6 Å². The first kappa shape index (κ1) is 14.3. The van der Waals surface area contributed by atoms with Gasteiger partial charge in [0.05, 0.1) is 5.69 Å². The summed E-state index contributed by atoms with van der Waals surface area (Å²) >= 11 is 6.72. The summed E-state index contributed by atoms with van der Waals surface area (Å²) in [5.74, 6) is 0. The Bertz CT molecular complexity index is 680. The van der Waals surface area contributed by atoms with Crippen LogP contribution in [-0.2, 0) is 16.6 Å². The van der Waals surface area contributed by atoms with Crippen LogP contribution in [0.2, 0.25) is 5.02 Å². The van der Waals surface area contributed by atoms with Crippen LogP contribution in [0.5, 0.6) is 0 Å². The number of thiazole rings is 1. The Hall–Kier alpha value is -1.15. The summed E-state index contributed by atoms with van der Waals surface area (Å²) in [6.45, 7) is 1.81. The number of nitrogen functional groups attached to an aromatic ring is 1. The van der Waals surface area contributed by atoms with E-state index in [1.54, 1.807) is 31.2 Å². The number of rotatable bonds is 4. The molecule has 0 bridgehead atoms. The van der Waals surface area contributed by atoms with Gasteiger partial charge >= 0.3 is 0 Å². The first-order chi connectivity index (χ1) is 8.88. The fraction of sp³-hybridized carbons (Fsp3) is 0.182. The Kier molecular flexibility index (Phi) is 4.10. The molecule has 0 unspecified atom stereocenters. The summed E-state index contributed by atoms with van der Waals surface area (Å²) in [5.41, 5.74) is 6.73. The topological polar surface area (TPSA) is 85.1 Å².